The zero-order chi connectivity index (χ0) is 13.1. The Morgan fingerprint density at radius 3 is 2.78 bits per heavy atom. The number of nitrogens with zero attached hydrogens (tertiary/aromatic N) is 1. The number of carbonyl (C=O) groups excluding carboxylic acids is 1. The van der Waals surface area contributed by atoms with Crippen molar-refractivity contribution in [3.8, 4) is 17.1 Å². The van der Waals surface area contributed by atoms with E-state index in [4.69, 9.17) is 16.3 Å². The summed E-state index contributed by atoms with van der Waals surface area (Å²) in [6.07, 6.45) is 0.714. The molecule has 2 aromatic rings. The number of pyridine rings is 1. The van der Waals surface area contributed by atoms with Crippen LogP contribution in [0.15, 0.2) is 30.3 Å². The van der Waals surface area contributed by atoms with E-state index in [2.05, 4.69) is 27.6 Å². The zero-order valence-electron chi connectivity index (χ0n) is 9.48. The molecule has 0 atom stereocenters. The average Bonchev–Trinajstić information content (AvgIpc) is 2.41. The topological polar surface area (TPSA) is 39.2 Å². The number of rotatable bonds is 3. The van der Waals surface area contributed by atoms with Crippen LogP contribution in [0.5, 0.6) is 5.88 Å². The van der Waals surface area contributed by atoms with E-state index >= 15 is 0 Å². The van der Waals surface area contributed by atoms with Gasteiger partial charge in [0.15, 0.2) is 6.29 Å². The van der Waals surface area contributed by atoms with E-state index in [1.54, 1.807) is 12.1 Å². The summed E-state index contributed by atoms with van der Waals surface area (Å²) in [5.74, 6) is 0.303. The first-order valence-corrected chi connectivity index (χ1v) is 6.57. The molecule has 5 heteroatoms. The Balaban J connectivity index is 2.58. The van der Waals surface area contributed by atoms with Crippen LogP contribution in [-0.4, -0.2) is 18.4 Å². The molecule has 2 rings (SSSR count). The van der Waals surface area contributed by atoms with Gasteiger partial charge in [-0.2, -0.15) is 0 Å². The number of ether oxygens (including phenoxy) is 1. The molecule has 0 aliphatic carbocycles. The van der Waals surface area contributed by atoms with Gasteiger partial charge in [0.1, 0.15) is 0 Å². The Bertz CT molecular complexity index is 602. The van der Waals surface area contributed by atoms with E-state index in [0.717, 1.165) is 9.13 Å². The quantitative estimate of drug-likeness (QED) is 0.606. The molecule has 0 radical (unpaired) electrons. The highest BCUT2D eigenvalue weighted by Crippen LogP contribution is 2.31. The largest absolute Gasteiger partial charge is 0.480 e. The summed E-state index contributed by atoms with van der Waals surface area (Å²) in [5.41, 5.74) is 1.92. The number of carbonyl (C=O) groups is 1. The molecule has 0 saturated heterocycles. The lowest BCUT2D eigenvalue weighted by atomic mass is 10.1. The first-order valence-electron chi connectivity index (χ1n) is 5.12. The monoisotopic (exact) mass is 373 g/mol. The van der Waals surface area contributed by atoms with Gasteiger partial charge in [-0.05, 0) is 40.8 Å². The van der Waals surface area contributed by atoms with E-state index in [1.165, 1.54) is 7.11 Å². The molecule has 18 heavy (non-hydrogen) atoms. The van der Waals surface area contributed by atoms with Crippen LogP contribution in [0.1, 0.15) is 10.4 Å². The van der Waals surface area contributed by atoms with Gasteiger partial charge in [0.05, 0.1) is 23.4 Å². The molecule has 1 aromatic carbocycles. The smallest absolute Gasteiger partial charge is 0.224 e. The maximum absolute atomic E-state index is 10.8. The number of methoxy groups -OCH3 is 1. The molecular weight excluding hydrogens is 365 g/mol. The number of hydrogen-bond donors (Lipinski definition) is 0. The number of aldehydes is 1. The van der Waals surface area contributed by atoms with Crippen molar-refractivity contribution in [2.75, 3.05) is 7.11 Å². The first kappa shape index (κ1) is 13.3. The predicted molar refractivity (Wildman–Crippen MR) is 79.3 cm³/mol. The molecule has 3 nitrogen and oxygen atoms in total. The third kappa shape index (κ3) is 2.49. The van der Waals surface area contributed by atoms with Crippen molar-refractivity contribution in [3.05, 3.63) is 44.5 Å². The lowest BCUT2D eigenvalue weighted by Crippen LogP contribution is -1.96. The molecule has 1 aromatic heterocycles. The van der Waals surface area contributed by atoms with Crippen LogP contribution in [0.25, 0.3) is 11.3 Å². The maximum atomic E-state index is 10.8. The highest BCUT2D eigenvalue weighted by atomic mass is 127. The third-order valence-corrected chi connectivity index (χ3v) is 4.06. The van der Waals surface area contributed by atoms with Crippen LogP contribution in [-0.2, 0) is 0 Å². The fourth-order valence-electron chi connectivity index (χ4n) is 1.56. The van der Waals surface area contributed by atoms with Gasteiger partial charge in [-0.3, -0.25) is 4.79 Å². The molecule has 0 fully saturated rings. The molecular formula is C13H9ClINO2. The Kier molecular flexibility index (Phi) is 4.19. The molecule has 0 saturated carbocycles. The van der Waals surface area contributed by atoms with E-state index < -0.39 is 0 Å². The summed E-state index contributed by atoms with van der Waals surface area (Å²) in [6.45, 7) is 0. The number of aromatic nitrogens is 1. The number of hydrogen-bond acceptors (Lipinski definition) is 3. The van der Waals surface area contributed by atoms with E-state index in [0.29, 0.717) is 28.4 Å². The fourth-order valence-corrected chi connectivity index (χ4v) is 2.28. The van der Waals surface area contributed by atoms with Gasteiger partial charge in [0.2, 0.25) is 5.88 Å². The van der Waals surface area contributed by atoms with Gasteiger partial charge in [0.25, 0.3) is 0 Å². The van der Waals surface area contributed by atoms with Crippen LogP contribution in [0.4, 0.5) is 0 Å². The maximum Gasteiger partial charge on any atom is 0.224 e. The summed E-state index contributed by atoms with van der Waals surface area (Å²) in [6, 6.07) is 9.13. The van der Waals surface area contributed by atoms with Gasteiger partial charge in [-0.1, -0.05) is 23.7 Å². The molecule has 0 unspecified atom stereocenters. The fraction of sp³-hybridized carbons (Fsp3) is 0.0769. The second-order valence-electron chi connectivity index (χ2n) is 3.51. The van der Waals surface area contributed by atoms with Gasteiger partial charge in [-0.15, -0.1) is 0 Å². The highest BCUT2D eigenvalue weighted by molar-refractivity contribution is 14.1. The van der Waals surface area contributed by atoms with Crippen LogP contribution >= 0.6 is 34.2 Å². The molecule has 0 spiro atoms. The number of halogens is 2. The molecule has 0 N–H and O–H groups in total. The second-order valence-corrected chi connectivity index (χ2v) is 5.05. The minimum absolute atomic E-state index is 0.303. The summed E-state index contributed by atoms with van der Waals surface area (Å²) in [4.78, 5) is 15.1. The molecule has 0 bridgehead atoms. The highest BCUT2D eigenvalue weighted by Gasteiger charge is 2.11. The number of benzene rings is 1. The standard InChI is InChI=1S/C13H9ClINO2/c1-18-13-8(7-17)5-6-11(16-13)9-3-2-4-10(15)12(9)14/h2-7H,1H3. The van der Waals surface area contributed by atoms with E-state index in [1.807, 2.05) is 18.2 Å². The average molecular weight is 374 g/mol. The Morgan fingerprint density at radius 1 is 1.33 bits per heavy atom. The van der Waals surface area contributed by atoms with Crippen LogP contribution < -0.4 is 4.74 Å². The third-order valence-electron chi connectivity index (χ3n) is 2.44. The van der Waals surface area contributed by atoms with Crippen LogP contribution in [0.2, 0.25) is 5.02 Å². The summed E-state index contributed by atoms with van der Waals surface area (Å²) in [7, 11) is 1.48. The molecule has 92 valence electrons. The van der Waals surface area contributed by atoms with Gasteiger partial charge < -0.3 is 4.74 Å². The van der Waals surface area contributed by atoms with E-state index in [9.17, 15) is 4.79 Å². The Morgan fingerprint density at radius 2 is 2.11 bits per heavy atom. The summed E-state index contributed by atoms with van der Waals surface area (Å²) >= 11 is 8.40. The normalized spacial score (nSPS) is 10.2. The van der Waals surface area contributed by atoms with Crippen molar-refractivity contribution in [1.29, 1.82) is 0 Å². The van der Waals surface area contributed by atoms with Crippen molar-refractivity contribution in [3.63, 3.8) is 0 Å². The summed E-state index contributed by atoms with van der Waals surface area (Å²) in [5, 5.41) is 0.645. The Hall–Kier alpha value is -1.14. The van der Waals surface area contributed by atoms with Gasteiger partial charge in [0, 0.05) is 9.13 Å². The minimum Gasteiger partial charge on any atom is -0.480 e. The molecule has 0 aliphatic rings. The van der Waals surface area contributed by atoms with Crippen molar-refractivity contribution in [1.82, 2.24) is 4.98 Å². The lowest BCUT2D eigenvalue weighted by Gasteiger charge is -2.08. The van der Waals surface area contributed by atoms with E-state index in [-0.39, 0.29) is 0 Å². The van der Waals surface area contributed by atoms with Gasteiger partial charge >= 0.3 is 0 Å². The van der Waals surface area contributed by atoms with Crippen molar-refractivity contribution in [2.45, 2.75) is 0 Å². The Labute approximate surface area is 123 Å². The minimum atomic E-state index is 0.303. The first-order chi connectivity index (χ1) is 8.67. The van der Waals surface area contributed by atoms with Crippen molar-refractivity contribution in [2.24, 2.45) is 0 Å². The molecule has 1 heterocycles. The van der Waals surface area contributed by atoms with Crippen molar-refractivity contribution >= 4 is 40.5 Å². The second kappa shape index (κ2) is 5.67. The van der Waals surface area contributed by atoms with Crippen LogP contribution in [0.3, 0.4) is 0 Å². The van der Waals surface area contributed by atoms with Crippen molar-refractivity contribution < 1.29 is 9.53 Å². The lowest BCUT2D eigenvalue weighted by molar-refractivity contribution is 0.112. The SMILES string of the molecule is COc1nc(-c2cccc(I)c2Cl)ccc1C=O. The predicted octanol–water partition coefficient (Wildman–Crippen LogP) is 3.83. The molecule has 0 amide bonds. The summed E-state index contributed by atoms with van der Waals surface area (Å²) < 4.78 is 6.03. The van der Waals surface area contributed by atoms with Gasteiger partial charge in [-0.25, -0.2) is 4.98 Å². The zero-order valence-corrected chi connectivity index (χ0v) is 12.4. The molecule has 0 aliphatic heterocycles. The van der Waals surface area contributed by atoms with Crippen LogP contribution in [0, 0.1) is 3.57 Å².